The van der Waals surface area contributed by atoms with Gasteiger partial charge in [-0.1, -0.05) is 0 Å². The van der Waals surface area contributed by atoms with Gasteiger partial charge in [0, 0.05) is 31.0 Å². The third-order valence-corrected chi connectivity index (χ3v) is 3.42. The third kappa shape index (κ3) is 2.69. The molecule has 0 saturated heterocycles. The zero-order valence-electron chi connectivity index (χ0n) is 9.47. The van der Waals surface area contributed by atoms with Crippen LogP contribution in [0.4, 0.5) is 5.13 Å². The smallest absolute Gasteiger partial charge is 0.307 e. The van der Waals surface area contributed by atoms with E-state index in [1.807, 2.05) is 11.9 Å². The van der Waals surface area contributed by atoms with Crippen LogP contribution in [0.2, 0.25) is 0 Å². The Morgan fingerprint density at radius 2 is 2.38 bits per heavy atom. The van der Waals surface area contributed by atoms with E-state index in [0.717, 1.165) is 11.0 Å². The fourth-order valence-electron chi connectivity index (χ4n) is 1.35. The zero-order valence-corrected chi connectivity index (χ0v) is 10.3. The monoisotopic (exact) mass is 241 g/mol. The van der Waals surface area contributed by atoms with E-state index in [-0.39, 0.29) is 5.97 Å². The molecule has 0 radical (unpaired) electrons. The number of carbonyl (C=O) groups excluding carboxylic acids is 1. The lowest BCUT2D eigenvalue weighted by Gasteiger charge is -2.13. The van der Waals surface area contributed by atoms with Gasteiger partial charge in [-0.3, -0.25) is 4.79 Å². The summed E-state index contributed by atoms with van der Waals surface area (Å²) in [5, 5.41) is 0.880. The second-order valence-corrected chi connectivity index (χ2v) is 4.69. The molecule has 1 aromatic heterocycles. The Kier molecular flexibility index (Phi) is 3.38. The number of hydrogen-bond acceptors (Lipinski definition) is 6. The average Bonchev–Trinajstić information content (AvgIpc) is 3.03. The summed E-state index contributed by atoms with van der Waals surface area (Å²) >= 11 is 1.40. The largest absolute Gasteiger partial charge is 0.469 e. The Labute approximate surface area is 98.6 Å². The Morgan fingerprint density at radius 3 is 3.00 bits per heavy atom. The first-order valence-electron chi connectivity index (χ1n) is 5.32. The molecule has 0 aliphatic heterocycles. The molecule has 88 valence electrons. The van der Waals surface area contributed by atoms with Gasteiger partial charge in [-0.05, 0) is 12.8 Å². The predicted molar refractivity (Wildman–Crippen MR) is 61.8 cm³/mol. The summed E-state index contributed by atoms with van der Waals surface area (Å²) in [5.74, 6) is 1.35. The predicted octanol–water partition coefficient (Wildman–Crippen LogP) is 1.41. The SMILES string of the molecule is COC(=O)CCN(C)c1nc(C2CC2)ns1. The molecule has 2 rings (SSSR count). The van der Waals surface area contributed by atoms with Gasteiger partial charge in [0.2, 0.25) is 5.13 Å². The summed E-state index contributed by atoms with van der Waals surface area (Å²) in [6.07, 6.45) is 2.80. The zero-order chi connectivity index (χ0) is 11.5. The lowest BCUT2D eigenvalue weighted by Crippen LogP contribution is -2.21. The van der Waals surface area contributed by atoms with Gasteiger partial charge in [0.05, 0.1) is 13.5 Å². The van der Waals surface area contributed by atoms with E-state index in [0.29, 0.717) is 18.9 Å². The molecule has 1 aromatic rings. The van der Waals surface area contributed by atoms with Gasteiger partial charge in [-0.25, -0.2) is 4.98 Å². The molecule has 0 amide bonds. The Balaban J connectivity index is 1.87. The van der Waals surface area contributed by atoms with E-state index in [9.17, 15) is 4.79 Å². The molecule has 5 nitrogen and oxygen atoms in total. The highest BCUT2D eigenvalue weighted by atomic mass is 32.1. The fourth-order valence-corrected chi connectivity index (χ4v) is 2.08. The highest BCUT2D eigenvalue weighted by Gasteiger charge is 2.28. The molecule has 16 heavy (non-hydrogen) atoms. The van der Waals surface area contributed by atoms with Gasteiger partial charge in [0.15, 0.2) is 0 Å². The number of methoxy groups -OCH3 is 1. The highest BCUT2D eigenvalue weighted by Crippen LogP contribution is 2.39. The van der Waals surface area contributed by atoms with Gasteiger partial charge in [-0.2, -0.15) is 4.37 Å². The Bertz CT molecular complexity index is 376. The molecular weight excluding hydrogens is 226 g/mol. The maximum Gasteiger partial charge on any atom is 0.307 e. The van der Waals surface area contributed by atoms with E-state index in [1.165, 1.54) is 31.5 Å². The van der Waals surface area contributed by atoms with E-state index < -0.39 is 0 Å². The number of hydrogen-bond donors (Lipinski definition) is 0. The molecule has 1 aliphatic rings. The van der Waals surface area contributed by atoms with Gasteiger partial charge in [-0.15, -0.1) is 0 Å². The topological polar surface area (TPSA) is 55.3 Å². The van der Waals surface area contributed by atoms with Crippen LogP contribution in [0.1, 0.15) is 31.0 Å². The standard InChI is InChI=1S/C10H15N3O2S/c1-13(6-5-8(14)15-2)10-11-9(12-16-10)7-3-4-7/h7H,3-6H2,1-2H3. The number of esters is 1. The summed E-state index contributed by atoms with van der Waals surface area (Å²) in [6.45, 7) is 0.617. The van der Waals surface area contributed by atoms with Crippen LogP contribution in [-0.4, -0.2) is 36.0 Å². The highest BCUT2D eigenvalue weighted by molar-refractivity contribution is 7.09. The van der Waals surface area contributed by atoms with E-state index in [4.69, 9.17) is 0 Å². The summed E-state index contributed by atoms with van der Waals surface area (Å²) < 4.78 is 8.91. The van der Waals surface area contributed by atoms with Crippen molar-refractivity contribution in [3.63, 3.8) is 0 Å². The lowest BCUT2D eigenvalue weighted by atomic mass is 10.4. The van der Waals surface area contributed by atoms with Crippen molar-refractivity contribution in [3.05, 3.63) is 5.82 Å². The number of anilines is 1. The third-order valence-electron chi connectivity index (χ3n) is 2.58. The molecule has 1 saturated carbocycles. The minimum absolute atomic E-state index is 0.196. The van der Waals surface area contributed by atoms with Crippen molar-refractivity contribution in [3.8, 4) is 0 Å². The van der Waals surface area contributed by atoms with Crippen LogP contribution < -0.4 is 4.90 Å². The maximum atomic E-state index is 11.0. The normalized spacial score (nSPS) is 14.9. The molecule has 1 fully saturated rings. The second-order valence-electron chi connectivity index (χ2n) is 3.96. The summed E-state index contributed by atoms with van der Waals surface area (Å²) in [7, 11) is 3.32. The van der Waals surface area contributed by atoms with Gasteiger partial charge in [0.25, 0.3) is 0 Å². The molecule has 1 aliphatic carbocycles. The summed E-state index contributed by atoms with van der Waals surface area (Å²) in [5.41, 5.74) is 0. The van der Waals surface area contributed by atoms with Crippen molar-refractivity contribution >= 4 is 22.6 Å². The Hall–Kier alpha value is -1.17. The van der Waals surface area contributed by atoms with Gasteiger partial charge < -0.3 is 9.64 Å². The summed E-state index contributed by atoms with van der Waals surface area (Å²) in [4.78, 5) is 17.4. The minimum Gasteiger partial charge on any atom is -0.469 e. The quantitative estimate of drug-likeness (QED) is 0.730. The van der Waals surface area contributed by atoms with Crippen LogP contribution in [-0.2, 0) is 9.53 Å². The summed E-state index contributed by atoms with van der Waals surface area (Å²) in [6, 6.07) is 0. The van der Waals surface area contributed by atoms with E-state index in [1.54, 1.807) is 0 Å². The number of aromatic nitrogens is 2. The van der Waals surface area contributed by atoms with E-state index >= 15 is 0 Å². The van der Waals surface area contributed by atoms with Crippen molar-refractivity contribution in [1.82, 2.24) is 9.36 Å². The molecule has 0 N–H and O–H groups in total. The van der Waals surface area contributed by atoms with Crippen LogP contribution in [0.3, 0.4) is 0 Å². The van der Waals surface area contributed by atoms with Gasteiger partial charge in [0.1, 0.15) is 5.82 Å². The maximum absolute atomic E-state index is 11.0. The molecule has 1 heterocycles. The molecule has 0 spiro atoms. The van der Waals surface area contributed by atoms with Crippen molar-refractivity contribution in [2.45, 2.75) is 25.2 Å². The molecular formula is C10H15N3O2S. The van der Waals surface area contributed by atoms with Crippen molar-refractivity contribution in [2.24, 2.45) is 0 Å². The molecule has 0 atom stereocenters. The van der Waals surface area contributed by atoms with Crippen molar-refractivity contribution in [2.75, 3.05) is 25.6 Å². The molecule has 0 bridgehead atoms. The van der Waals surface area contributed by atoms with Crippen LogP contribution >= 0.6 is 11.5 Å². The minimum atomic E-state index is -0.196. The lowest BCUT2D eigenvalue weighted by molar-refractivity contribution is -0.140. The van der Waals surface area contributed by atoms with Crippen molar-refractivity contribution in [1.29, 1.82) is 0 Å². The number of ether oxygens (including phenoxy) is 1. The fraction of sp³-hybridized carbons (Fsp3) is 0.700. The van der Waals surface area contributed by atoms with Crippen molar-refractivity contribution < 1.29 is 9.53 Å². The second kappa shape index (κ2) is 4.78. The number of nitrogens with zero attached hydrogens (tertiary/aromatic N) is 3. The number of carbonyl (C=O) groups is 1. The number of rotatable bonds is 5. The molecule has 0 aromatic carbocycles. The van der Waals surface area contributed by atoms with Crippen LogP contribution in [0.15, 0.2) is 0 Å². The van der Waals surface area contributed by atoms with Crippen LogP contribution in [0, 0.1) is 0 Å². The van der Waals surface area contributed by atoms with Crippen LogP contribution in [0.5, 0.6) is 0 Å². The first kappa shape index (κ1) is 11.3. The van der Waals surface area contributed by atoms with Crippen LogP contribution in [0.25, 0.3) is 0 Å². The molecule has 0 unspecified atom stereocenters. The Morgan fingerprint density at radius 1 is 1.62 bits per heavy atom. The average molecular weight is 241 g/mol. The van der Waals surface area contributed by atoms with Gasteiger partial charge >= 0.3 is 5.97 Å². The first-order chi connectivity index (χ1) is 7.70. The molecule has 6 heteroatoms. The first-order valence-corrected chi connectivity index (χ1v) is 6.09. The van der Waals surface area contributed by atoms with E-state index in [2.05, 4.69) is 14.1 Å².